The Hall–Kier alpha value is -1.66. The molecule has 1 aromatic carbocycles. The average Bonchev–Trinajstić information content (AvgIpc) is 2.86. The van der Waals surface area contributed by atoms with Gasteiger partial charge in [-0.15, -0.1) is 0 Å². The first kappa shape index (κ1) is 15.7. The summed E-state index contributed by atoms with van der Waals surface area (Å²) in [4.78, 5) is 10.5. The molecule has 0 amide bonds. The van der Waals surface area contributed by atoms with Gasteiger partial charge in [0.05, 0.1) is 11.0 Å². The molecule has 0 aliphatic heterocycles. The van der Waals surface area contributed by atoms with Crippen LogP contribution in [0.4, 0.5) is 5.69 Å². The van der Waals surface area contributed by atoms with E-state index in [2.05, 4.69) is 12.2 Å². The third kappa shape index (κ3) is 4.15. The Kier molecular flexibility index (Phi) is 5.52. The van der Waals surface area contributed by atoms with Crippen molar-refractivity contribution in [3.63, 3.8) is 0 Å². The summed E-state index contributed by atoms with van der Waals surface area (Å²) in [5.41, 5.74) is 0.819. The minimum Gasteiger partial charge on any atom is -0.487 e. The fourth-order valence-electron chi connectivity index (χ4n) is 2.54. The number of nitro benzene ring substituents is 1. The molecule has 1 aliphatic rings. The summed E-state index contributed by atoms with van der Waals surface area (Å²) in [6, 6.07) is 4.62. The van der Waals surface area contributed by atoms with Crippen molar-refractivity contribution >= 4 is 5.69 Å². The molecule has 1 aliphatic carbocycles. The zero-order valence-electron chi connectivity index (χ0n) is 12.2. The molecule has 6 heteroatoms. The Balaban J connectivity index is 2.15. The standard InChI is InChI=1S/C15H22N2O4/c1-2-8-16-10-11-9-12(17(19)20)6-7-14(11)21-15-5-3-4-13(15)18/h6-7,9,13,15-16,18H,2-5,8,10H2,1H3. The first-order valence-corrected chi connectivity index (χ1v) is 7.44. The number of hydrogen-bond donors (Lipinski definition) is 2. The highest BCUT2D eigenvalue weighted by molar-refractivity contribution is 5.44. The van der Waals surface area contributed by atoms with Crippen molar-refractivity contribution in [3.8, 4) is 5.75 Å². The van der Waals surface area contributed by atoms with Crippen LogP contribution in [0.2, 0.25) is 0 Å². The number of rotatable bonds is 7. The number of nitrogens with one attached hydrogen (secondary N) is 1. The van der Waals surface area contributed by atoms with Crippen molar-refractivity contribution in [3.05, 3.63) is 33.9 Å². The molecule has 0 spiro atoms. The number of hydrogen-bond acceptors (Lipinski definition) is 5. The van der Waals surface area contributed by atoms with Crippen LogP contribution in [0, 0.1) is 10.1 Å². The lowest BCUT2D eigenvalue weighted by Crippen LogP contribution is -2.26. The maximum absolute atomic E-state index is 10.9. The lowest BCUT2D eigenvalue weighted by molar-refractivity contribution is -0.384. The van der Waals surface area contributed by atoms with Gasteiger partial charge in [-0.3, -0.25) is 10.1 Å². The van der Waals surface area contributed by atoms with Crippen molar-refractivity contribution in [1.29, 1.82) is 0 Å². The molecule has 6 nitrogen and oxygen atoms in total. The normalized spacial score (nSPS) is 21.4. The molecule has 0 saturated heterocycles. The molecule has 2 N–H and O–H groups in total. The van der Waals surface area contributed by atoms with E-state index in [1.54, 1.807) is 12.1 Å². The van der Waals surface area contributed by atoms with Gasteiger partial charge in [0.1, 0.15) is 11.9 Å². The largest absolute Gasteiger partial charge is 0.487 e. The van der Waals surface area contributed by atoms with Gasteiger partial charge in [-0.1, -0.05) is 6.92 Å². The van der Waals surface area contributed by atoms with Gasteiger partial charge in [0.15, 0.2) is 0 Å². The highest BCUT2D eigenvalue weighted by Crippen LogP contribution is 2.29. The second-order valence-electron chi connectivity index (χ2n) is 5.38. The molecule has 116 valence electrons. The minimum absolute atomic E-state index is 0.0580. The lowest BCUT2D eigenvalue weighted by atomic mass is 10.1. The molecule has 1 fully saturated rings. The Morgan fingerprint density at radius 1 is 1.48 bits per heavy atom. The molecular weight excluding hydrogens is 272 g/mol. The Morgan fingerprint density at radius 2 is 2.29 bits per heavy atom. The molecule has 0 radical (unpaired) electrons. The van der Waals surface area contributed by atoms with Gasteiger partial charge in [0, 0.05) is 24.2 Å². The van der Waals surface area contributed by atoms with Gasteiger partial charge >= 0.3 is 0 Å². The lowest BCUT2D eigenvalue weighted by Gasteiger charge is -2.19. The highest BCUT2D eigenvalue weighted by atomic mass is 16.6. The molecule has 0 bridgehead atoms. The van der Waals surface area contributed by atoms with Gasteiger partial charge in [0.2, 0.25) is 0 Å². The van der Waals surface area contributed by atoms with Crippen molar-refractivity contribution in [2.75, 3.05) is 6.54 Å². The first-order valence-electron chi connectivity index (χ1n) is 7.44. The zero-order chi connectivity index (χ0) is 15.2. The molecule has 1 saturated carbocycles. The number of aliphatic hydroxyl groups is 1. The minimum atomic E-state index is -0.448. The smallest absolute Gasteiger partial charge is 0.270 e. The first-order chi connectivity index (χ1) is 10.1. The molecule has 2 rings (SSSR count). The van der Waals surface area contributed by atoms with E-state index >= 15 is 0 Å². The van der Waals surface area contributed by atoms with Gasteiger partial charge < -0.3 is 15.2 Å². The van der Waals surface area contributed by atoms with E-state index in [0.29, 0.717) is 12.3 Å². The van der Waals surface area contributed by atoms with Crippen LogP contribution in [0.5, 0.6) is 5.75 Å². The topological polar surface area (TPSA) is 84.6 Å². The van der Waals surface area contributed by atoms with Crippen LogP contribution in [0.25, 0.3) is 0 Å². The maximum atomic E-state index is 10.9. The van der Waals surface area contributed by atoms with Gasteiger partial charge in [-0.05, 0) is 38.3 Å². The third-order valence-electron chi connectivity index (χ3n) is 3.69. The molecule has 2 unspecified atom stereocenters. The molecule has 1 aromatic rings. The van der Waals surface area contributed by atoms with Crippen molar-refractivity contribution in [2.24, 2.45) is 0 Å². The second-order valence-corrected chi connectivity index (χ2v) is 5.38. The van der Waals surface area contributed by atoms with E-state index < -0.39 is 11.0 Å². The van der Waals surface area contributed by atoms with Gasteiger partial charge in [-0.25, -0.2) is 0 Å². The van der Waals surface area contributed by atoms with Crippen molar-refractivity contribution < 1.29 is 14.8 Å². The number of benzene rings is 1. The summed E-state index contributed by atoms with van der Waals surface area (Å²) >= 11 is 0. The van der Waals surface area contributed by atoms with E-state index in [1.165, 1.54) is 6.07 Å². The Bertz CT molecular complexity index is 493. The number of ether oxygens (including phenoxy) is 1. The average molecular weight is 294 g/mol. The highest BCUT2D eigenvalue weighted by Gasteiger charge is 2.27. The Labute approximate surface area is 124 Å². The molecule has 0 heterocycles. The number of nitrogens with zero attached hydrogens (tertiary/aromatic N) is 1. The van der Waals surface area contributed by atoms with E-state index in [1.807, 2.05) is 0 Å². The van der Waals surface area contributed by atoms with E-state index in [0.717, 1.165) is 37.8 Å². The second kappa shape index (κ2) is 7.38. The van der Waals surface area contributed by atoms with Crippen LogP contribution in [0.3, 0.4) is 0 Å². The molecule has 2 atom stereocenters. The third-order valence-corrected chi connectivity index (χ3v) is 3.69. The summed E-state index contributed by atoms with van der Waals surface area (Å²) in [5.74, 6) is 0.621. The van der Waals surface area contributed by atoms with E-state index in [4.69, 9.17) is 4.74 Å². The maximum Gasteiger partial charge on any atom is 0.270 e. The van der Waals surface area contributed by atoms with Crippen LogP contribution in [0.15, 0.2) is 18.2 Å². The predicted molar refractivity (Wildman–Crippen MR) is 79.4 cm³/mol. The van der Waals surface area contributed by atoms with Gasteiger partial charge in [-0.2, -0.15) is 0 Å². The SMILES string of the molecule is CCCNCc1cc([N+](=O)[O-])ccc1OC1CCCC1O. The van der Waals surface area contributed by atoms with Crippen LogP contribution >= 0.6 is 0 Å². The summed E-state index contributed by atoms with van der Waals surface area (Å²) < 4.78 is 5.87. The van der Waals surface area contributed by atoms with Gasteiger partial charge in [0.25, 0.3) is 5.69 Å². The van der Waals surface area contributed by atoms with Crippen LogP contribution in [-0.4, -0.2) is 28.8 Å². The van der Waals surface area contributed by atoms with Crippen LogP contribution in [0.1, 0.15) is 38.2 Å². The fourth-order valence-corrected chi connectivity index (χ4v) is 2.54. The monoisotopic (exact) mass is 294 g/mol. The van der Waals surface area contributed by atoms with Crippen LogP contribution in [-0.2, 0) is 6.54 Å². The molecule has 21 heavy (non-hydrogen) atoms. The van der Waals surface area contributed by atoms with Crippen LogP contribution < -0.4 is 10.1 Å². The molecular formula is C15H22N2O4. The van der Waals surface area contributed by atoms with Crippen molar-refractivity contribution in [2.45, 2.75) is 51.4 Å². The number of aliphatic hydroxyl groups excluding tert-OH is 1. The van der Waals surface area contributed by atoms with E-state index in [-0.39, 0.29) is 11.8 Å². The number of non-ortho nitro benzene ring substituents is 1. The van der Waals surface area contributed by atoms with Crippen molar-refractivity contribution in [1.82, 2.24) is 5.32 Å². The fraction of sp³-hybridized carbons (Fsp3) is 0.600. The summed E-state index contributed by atoms with van der Waals surface area (Å²) in [6.07, 6.45) is 2.85. The predicted octanol–water partition coefficient (Wildman–Crippen LogP) is 2.39. The zero-order valence-corrected chi connectivity index (χ0v) is 12.2. The summed E-state index contributed by atoms with van der Waals surface area (Å²) in [5, 5.41) is 24.0. The molecule has 0 aromatic heterocycles. The quantitative estimate of drug-likeness (QED) is 0.458. The van der Waals surface area contributed by atoms with E-state index in [9.17, 15) is 15.2 Å². The summed E-state index contributed by atoms with van der Waals surface area (Å²) in [6.45, 7) is 3.43. The summed E-state index contributed by atoms with van der Waals surface area (Å²) in [7, 11) is 0. The Morgan fingerprint density at radius 3 is 2.90 bits per heavy atom. The number of nitro groups is 1.